The van der Waals surface area contributed by atoms with E-state index in [1.165, 1.54) is 31.0 Å². The number of rotatable bonds is 10. The molecule has 1 aliphatic heterocycles. The fourth-order valence-corrected chi connectivity index (χ4v) is 5.61. The lowest BCUT2D eigenvalue weighted by atomic mass is 9.93. The SMILES string of the molecule is COc1cccc(C(=O)CS[C@@H]2CCN([C@@H](C(=O)C3CC3)c3ccccc3F)C/C2=C/C(=O)O)c1. The molecular formula is C27H28FNO5S. The van der Waals surface area contributed by atoms with Crippen molar-refractivity contribution in [2.75, 3.05) is 26.0 Å². The molecule has 2 aromatic rings. The second-order valence-corrected chi connectivity index (χ2v) is 10.1. The maximum Gasteiger partial charge on any atom is 0.328 e. The molecule has 4 rings (SSSR count). The van der Waals surface area contributed by atoms with Crippen LogP contribution in [0.5, 0.6) is 5.75 Å². The lowest BCUT2D eigenvalue weighted by Crippen LogP contribution is -2.43. The molecule has 0 radical (unpaired) electrons. The third kappa shape index (κ3) is 6.18. The second kappa shape index (κ2) is 11.2. The largest absolute Gasteiger partial charge is 0.497 e. The number of piperidine rings is 1. The van der Waals surface area contributed by atoms with Crippen LogP contribution >= 0.6 is 11.8 Å². The van der Waals surface area contributed by atoms with Crippen LogP contribution in [0.25, 0.3) is 0 Å². The van der Waals surface area contributed by atoms with Gasteiger partial charge < -0.3 is 9.84 Å². The Morgan fingerprint density at radius 3 is 2.63 bits per heavy atom. The number of aliphatic carboxylic acids is 1. The highest BCUT2D eigenvalue weighted by Crippen LogP contribution is 2.40. The maximum atomic E-state index is 14.7. The summed E-state index contributed by atoms with van der Waals surface area (Å²) in [6.45, 7) is 0.730. The highest BCUT2D eigenvalue weighted by Gasteiger charge is 2.41. The summed E-state index contributed by atoms with van der Waals surface area (Å²) in [6.07, 6.45) is 3.33. The van der Waals surface area contributed by atoms with E-state index in [1.807, 2.05) is 4.90 Å². The number of thioether (sulfide) groups is 1. The van der Waals surface area contributed by atoms with Gasteiger partial charge in [0, 0.05) is 41.5 Å². The number of carboxylic acid groups (broad SMARTS) is 1. The number of benzene rings is 2. The van der Waals surface area contributed by atoms with Gasteiger partial charge in [-0.05, 0) is 43.0 Å². The topological polar surface area (TPSA) is 83.9 Å². The molecule has 1 heterocycles. The minimum absolute atomic E-state index is 0.0101. The standard InChI is InChI=1S/C27H28FNO5S/c1-34-20-6-4-5-18(13-20)23(30)16-35-24-11-12-29(15-19(24)14-25(31)32)26(27(33)17-9-10-17)21-7-2-3-8-22(21)28/h2-8,13-14,17,24,26H,9-12,15-16H2,1H3,(H,31,32)/b19-14-/t24-,26-/m1/s1. The molecule has 0 spiro atoms. The van der Waals surface area contributed by atoms with E-state index in [0.717, 1.165) is 12.8 Å². The summed E-state index contributed by atoms with van der Waals surface area (Å²) in [5.74, 6) is -0.882. The van der Waals surface area contributed by atoms with Crippen molar-refractivity contribution in [3.05, 3.63) is 77.1 Å². The number of carbonyl (C=O) groups excluding carboxylic acids is 2. The van der Waals surface area contributed by atoms with Crippen molar-refractivity contribution < 1.29 is 28.6 Å². The Bertz CT molecular complexity index is 1150. The number of nitrogens with zero attached hydrogens (tertiary/aromatic N) is 1. The number of methoxy groups -OCH3 is 1. The van der Waals surface area contributed by atoms with Crippen LogP contribution in [0, 0.1) is 11.7 Å². The Balaban J connectivity index is 1.51. The molecule has 2 aliphatic rings. The zero-order valence-corrected chi connectivity index (χ0v) is 20.3. The molecule has 0 aromatic heterocycles. The zero-order valence-electron chi connectivity index (χ0n) is 19.5. The Kier molecular flexibility index (Phi) is 8.03. The smallest absolute Gasteiger partial charge is 0.328 e. The summed E-state index contributed by atoms with van der Waals surface area (Å²) in [5.41, 5.74) is 1.49. The highest BCUT2D eigenvalue weighted by molar-refractivity contribution is 8.00. The molecule has 6 nitrogen and oxygen atoms in total. The van der Waals surface area contributed by atoms with E-state index >= 15 is 0 Å². The van der Waals surface area contributed by atoms with Gasteiger partial charge >= 0.3 is 5.97 Å². The van der Waals surface area contributed by atoms with E-state index in [1.54, 1.807) is 42.5 Å². The Morgan fingerprint density at radius 2 is 1.94 bits per heavy atom. The number of hydrogen-bond donors (Lipinski definition) is 1. The first-order chi connectivity index (χ1) is 16.9. The molecule has 35 heavy (non-hydrogen) atoms. The monoisotopic (exact) mass is 497 g/mol. The number of ether oxygens (including phenoxy) is 1. The van der Waals surface area contributed by atoms with Crippen molar-refractivity contribution >= 4 is 29.3 Å². The number of hydrogen-bond acceptors (Lipinski definition) is 6. The quantitative estimate of drug-likeness (QED) is 0.381. The number of likely N-dealkylation sites (tertiary alicyclic amines) is 1. The second-order valence-electron chi connectivity index (χ2n) is 8.87. The highest BCUT2D eigenvalue weighted by atomic mass is 32.2. The first-order valence-electron chi connectivity index (χ1n) is 11.6. The predicted octanol–water partition coefficient (Wildman–Crippen LogP) is 4.56. The van der Waals surface area contributed by atoms with Crippen molar-refractivity contribution in [2.45, 2.75) is 30.6 Å². The summed E-state index contributed by atoms with van der Waals surface area (Å²) in [5, 5.41) is 9.29. The van der Waals surface area contributed by atoms with Gasteiger partial charge in [0.05, 0.1) is 18.9 Å². The normalized spacial score (nSPS) is 20.4. The molecule has 1 saturated heterocycles. The van der Waals surface area contributed by atoms with Crippen molar-refractivity contribution in [1.82, 2.24) is 4.90 Å². The van der Waals surface area contributed by atoms with E-state index in [4.69, 9.17) is 4.74 Å². The number of carbonyl (C=O) groups is 3. The Morgan fingerprint density at radius 1 is 1.17 bits per heavy atom. The van der Waals surface area contributed by atoms with E-state index in [9.17, 15) is 23.9 Å². The molecule has 184 valence electrons. The van der Waals surface area contributed by atoms with Crippen LogP contribution in [0.1, 0.15) is 41.2 Å². The first kappa shape index (κ1) is 25.1. The lowest BCUT2D eigenvalue weighted by molar-refractivity contribution is -0.131. The molecule has 8 heteroatoms. The number of Topliss-reactive ketones (excluding diaryl/α,β-unsaturated/α-hetero) is 2. The Labute approximate surface area is 208 Å². The minimum atomic E-state index is -1.08. The minimum Gasteiger partial charge on any atom is -0.497 e. The summed E-state index contributed by atoms with van der Waals surface area (Å²) in [7, 11) is 1.54. The fraction of sp³-hybridized carbons (Fsp3) is 0.370. The van der Waals surface area contributed by atoms with Gasteiger partial charge in [0.15, 0.2) is 11.6 Å². The van der Waals surface area contributed by atoms with Crippen LogP contribution in [0.3, 0.4) is 0 Å². The fourth-order valence-electron chi connectivity index (χ4n) is 4.47. The van der Waals surface area contributed by atoms with Crippen LogP contribution in [0.4, 0.5) is 4.39 Å². The van der Waals surface area contributed by atoms with Gasteiger partial charge in [-0.1, -0.05) is 30.3 Å². The number of halogens is 1. The van der Waals surface area contributed by atoms with Gasteiger partial charge in [-0.25, -0.2) is 9.18 Å². The van der Waals surface area contributed by atoms with Crippen molar-refractivity contribution in [3.63, 3.8) is 0 Å². The summed E-state index contributed by atoms with van der Waals surface area (Å²) < 4.78 is 19.9. The molecule has 2 atom stereocenters. The molecule has 1 aliphatic carbocycles. The molecule has 0 amide bonds. The average molecular weight is 498 g/mol. The Hall–Kier alpha value is -2.97. The summed E-state index contributed by atoms with van der Waals surface area (Å²) in [6, 6.07) is 12.5. The van der Waals surface area contributed by atoms with Crippen molar-refractivity contribution in [3.8, 4) is 5.75 Å². The van der Waals surface area contributed by atoms with Crippen LogP contribution < -0.4 is 4.74 Å². The summed E-state index contributed by atoms with van der Waals surface area (Å²) in [4.78, 5) is 39.4. The van der Waals surface area contributed by atoms with Crippen molar-refractivity contribution in [1.29, 1.82) is 0 Å². The van der Waals surface area contributed by atoms with Crippen LogP contribution in [0.2, 0.25) is 0 Å². The number of carboxylic acids is 1. The molecule has 0 unspecified atom stereocenters. The molecular weight excluding hydrogens is 469 g/mol. The summed E-state index contributed by atoms with van der Waals surface area (Å²) >= 11 is 1.40. The lowest BCUT2D eigenvalue weighted by Gasteiger charge is -2.38. The third-order valence-electron chi connectivity index (χ3n) is 6.41. The zero-order chi connectivity index (χ0) is 24.9. The predicted molar refractivity (Wildman–Crippen MR) is 132 cm³/mol. The molecule has 1 N–H and O–H groups in total. The van der Waals surface area contributed by atoms with Gasteiger partial charge in [-0.15, -0.1) is 11.8 Å². The molecule has 2 fully saturated rings. The van der Waals surface area contributed by atoms with E-state index in [0.29, 0.717) is 35.4 Å². The van der Waals surface area contributed by atoms with Crippen LogP contribution in [0.15, 0.2) is 60.2 Å². The average Bonchev–Trinajstić information content (AvgIpc) is 3.70. The van der Waals surface area contributed by atoms with Gasteiger partial charge in [-0.2, -0.15) is 0 Å². The van der Waals surface area contributed by atoms with Crippen molar-refractivity contribution in [2.24, 2.45) is 5.92 Å². The van der Waals surface area contributed by atoms with Crippen LogP contribution in [-0.2, 0) is 9.59 Å². The van der Waals surface area contributed by atoms with E-state index in [-0.39, 0.29) is 35.0 Å². The number of ketones is 2. The molecule has 0 bridgehead atoms. The first-order valence-corrected chi connectivity index (χ1v) is 12.7. The van der Waals surface area contributed by atoms with Gasteiger partial charge in [-0.3, -0.25) is 14.5 Å². The van der Waals surface area contributed by atoms with Crippen LogP contribution in [-0.4, -0.2) is 58.7 Å². The third-order valence-corrected chi connectivity index (χ3v) is 7.78. The van der Waals surface area contributed by atoms with Gasteiger partial charge in [0.2, 0.25) is 0 Å². The van der Waals surface area contributed by atoms with Gasteiger partial charge in [0.25, 0.3) is 0 Å². The van der Waals surface area contributed by atoms with E-state index < -0.39 is 17.8 Å². The molecule has 2 aromatic carbocycles. The van der Waals surface area contributed by atoms with E-state index in [2.05, 4.69) is 0 Å². The molecule has 1 saturated carbocycles. The maximum absolute atomic E-state index is 14.7. The van der Waals surface area contributed by atoms with Gasteiger partial charge in [0.1, 0.15) is 11.6 Å².